The van der Waals surface area contributed by atoms with E-state index in [9.17, 15) is 0 Å². The molecule has 1 heterocycles. The van der Waals surface area contributed by atoms with Crippen LogP contribution in [0.5, 0.6) is 17.8 Å². The van der Waals surface area contributed by atoms with E-state index in [4.69, 9.17) is 9.47 Å². The molecule has 140 valence electrons. The zero-order valence-corrected chi connectivity index (χ0v) is 15.7. The first-order chi connectivity index (χ1) is 12.8. The molecular formula is C21H29N3O2. The molecular weight excluding hydrogens is 326 g/mol. The first-order valence-electron chi connectivity index (χ1n) is 9.51. The van der Waals surface area contributed by atoms with Crippen LogP contribution in [0.3, 0.4) is 0 Å². The Labute approximate surface area is 156 Å². The molecule has 0 fully saturated rings. The van der Waals surface area contributed by atoms with Gasteiger partial charge in [-0.3, -0.25) is 0 Å². The van der Waals surface area contributed by atoms with Crippen molar-refractivity contribution >= 4 is 0 Å². The summed E-state index contributed by atoms with van der Waals surface area (Å²) in [6.07, 6.45) is 13.4. The number of rotatable bonds is 13. The number of hydrogen-bond acceptors (Lipinski definition) is 5. The number of nitrogens with zero attached hydrogens (tertiary/aromatic N) is 3. The van der Waals surface area contributed by atoms with Gasteiger partial charge in [-0.05, 0) is 30.5 Å². The van der Waals surface area contributed by atoms with Crippen molar-refractivity contribution in [2.24, 2.45) is 0 Å². The summed E-state index contributed by atoms with van der Waals surface area (Å²) in [6.45, 7) is 6.19. The van der Waals surface area contributed by atoms with E-state index < -0.39 is 0 Å². The average Bonchev–Trinajstić information content (AvgIpc) is 2.67. The molecule has 2 aromatic rings. The molecule has 0 bridgehead atoms. The largest absolute Gasteiger partial charge is 0.459 e. The van der Waals surface area contributed by atoms with Crippen LogP contribution in [0.15, 0.2) is 43.2 Å². The Morgan fingerprint density at radius 3 is 2.35 bits per heavy atom. The highest BCUT2D eigenvalue weighted by atomic mass is 16.5. The molecule has 0 saturated heterocycles. The van der Waals surface area contributed by atoms with Crippen molar-refractivity contribution < 1.29 is 9.47 Å². The van der Waals surface area contributed by atoms with Crippen molar-refractivity contribution in [1.82, 2.24) is 15.0 Å². The van der Waals surface area contributed by atoms with Gasteiger partial charge in [0.25, 0.3) is 0 Å². The number of unbranched alkanes of at least 4 members (excludes halogenated alkanes) is 6. The topological polar surface area (TPSA) is 57.1 Å². The molecule has 0 atom stereocenters. The lowest BCUT2D eigenvalue weighted by molar-refractivity contribution is 0.321. The predicted molar refractivity (Wildman–Crippen MR) is 104 cm³/mol. The number of ether oxygens (including phenoxy) is 2. The smallest absolute Gasteiger partial charge is 0.328 e. The Morgan fingerprint density at radius 1 is 0.923 bits per heavy atom. The van der Waals surface area contributed by atoms with E-state index in [1.807, 2.05) is 12.1 Å². The maximum absolute atomic E-state index is 5.67. The molecule has 26 heavy (non-hydrogen) atoms. The van der Waals surface area contributed by atoms with Gasteiger partial charge in [-0.15, -0.1) is 4.98 Å². The normalized spacial score (nSPS) is 10.5. The third-order valence-corrected chi connectivity index (χ3v) is 4.06. The fourth-order valence-electron chi connectivity index (χ4n) is 2.64. The van der Waals surface area contributed by atoms with E-state index in [-0.39, 0.29) is 12.0 Å². The molecule has 5 heteroatoms. The molecule has 0 spiro atoms. The van der Waals surface area contributed by atoms with Gasteiger partial charge in [0.05, 0.1) is 0 Å². The zero-order valence-electron chi connectivity index (χ0n) is 15.7. The number of hydrogen-bond donors (Lipinski definition) is 0. The Bertz CT molecular complexity index is 644. The number of aromatic nitrogens is 3. The lowest BCUT2D eigenvalue weighted by atomic mass is 10.0. The quantitative estimate of drug-likeness (QED) is 0.350. The van der Waals surface area contributed by atoms with E-state index in [0.717, 1.165) is 6.42 Å². The van der Waals surface area contributed by atoms with Crippen LogP contribution in [0.4, 0.5) is 0 Å². The van der Waals surface area contributed by atoms with E-state index in [0.29, 0.717) is 12.4 Å². The summed E-state index contributed by atoms with van der Waals surface area (Å²) in [5.41, 5.74) is 1.33. The van der Waals surface area contributed by atoms with Gasteiger partial charge in [0.15, 0.2) is 0 Å². The predicted octanol–water partition coefficient (Wildman–Crippen LogP) is 5.52. The maximum Gasteiger partial charge on any atom is 0.328 e. The molecule has 0 amide bonds. The highest BCUT2D eigenvalue weighted by molar-refractivity contribution is 5.29. The van der Waals surface area contributed by atoms with Gasteiger partial charge in [0.1, 0.15) is 18.7 Å². The van der Waals surface area contributed by atoms with Gasteiger partial charge in [-0.2, -0.15) is 9.97 Å². The Kier molecular flexibility index (Phi) is 9.19. The summed E-state index contributed by atoms with van der Waals surface area (Å²) in [5.74, 6) is 0.703. The molecule has 0 aliphatic carbocycles. The lowest BCUT2D eigenvalue weighted by Gasteiger charge is -2.06. The Balaban J connectivity index is 1.74. The van der Waals surface area contributed by atoms with Crippen LogP contribution in [0.2, 0.25) is 0 Å². The van der Waals surface area contributed by atoms with Crippen molar-refractivity contribution in [3.8, 4) is 17.8 Å². The maximum atomic E-state index is 5.67. The molecule has 5 nitrogen and oxygen atoms in total. The Hall–Kier alpha value is -2.43. The summed E-state index contributed by atoms with van der Waals surface area (Å²) in [6, 6.07) is 8.55. The van der Waals surface area contributed by atoms with Crippen LogP contribution >= 0.6 is 0 Å². The van der Waals surface area contributed by atoms with Crippen LogP contribution in [0, 0.1) is 0 Å². The van der Waals surface area contributed by atoms with Crippen LogP contribution in [0.1, 0.15) is 57.4 Å². The first kappa shape index (κ1) is 19.9. The SMILES string of the molecule is C=CCOc1ncnc(Oc2ccc(CCCCCCCCC)cc2)n1. The van der Waals surface area contributed by atoms with Crippen molar-refractivity contribution in [1.29, 1.82) is 0 Å². The van der Waals surface area contributed by atoms with Crippen molar-refractivity contribution in [3.63, 3.8) is 0 Å². The minimum atomic E-state index is 0.221. The van der Waals surface area contributed by atoms with Gasteiger partial charge in [0, 0.05) is 0 Å². The van der Waals surface area contributed by atoms with E-state index in [2.05, 4.69) is 40.6 Å². The molecule has 1 aromatic heterocycles. The molecule has 2 rings (SSSR count). The molecule has 0 unspecified atom stereocenters. The van der Waals surface area contributed by atoms with Gasteiger partial charge in [0.2, 0.25) is 0 Å². The molecule has 0 N–H and O–H groups in total. The van der Waals surface area contributed by atoms with Gasteiger partial charge in [-0.1, -0.05) is 70.2 Å². The minimum Gasteiger partial charge on any atom is -0.459 e. The fourth-order valence-corrected chi connectivity index (χ4v) is 2.64. The average molecular weight is 355 g/mol. The number of benzene rings is 1. The summed E-state index contributed by atoms with van der Waals surface area (Å²) >= 11 is 0. The first-order valence-corrected chi connectivity index (χ1v) is 9.51. The van der Waals surface area contributed by atoms with E-state index in [1.54, 1.807) is 6.08 Å². The van der Waals surface area contributed by atoms with Crippen LogP contribution in [-0.4, -0.2) is 21.6 Å². The van der Waals surface area contributed by atoms with Crippen LogP contribution in [0.25, 0.3) is 0 Å². The summed E-state index contributed by atoms with van der Waals surface area (Å²) in [7, 11) is 0. The highest BCUT2D eigenvalue weighted by Crippen LogP contribution is 2.20. The van der Waals surface area contributed by atoms with Gasteiger partial charge in [-0.25, -0.2) is 0 Å². The summed E-state index contributed by atoms with van der Waals surface area (Å²) < 4.78 is 10.9. The fraction of sp³-hybridized carbons (Fsp3) is 0.476. The standard InChI is InChI=1S/C21H29N3O2/c1-3-5-6-7-8-9-10-11-18-12-14-19(15-13-18)26-21-23-17-22-20(24-21)25-16-4-2/h4,12-15,17H,2-3,5-11,16H2,1H3. The third kappa shape index (κ3) is 7.64. The van der Waals surface area contributed by atoms with E-state index in [1.165, 1.54) is 56.8 Å². The van der Waals surface area contributed by atoms with Crippen molar-refractivity contribution in [2.45, 2.75) is 58.3 Å². The van der Waals surface area contributed by atoms with Crippen molar-refractivity contribution in [3.05, 3.63) is 48.8 Å². The van der Waals surface area contributed by atoms with Crippen LogP contribution < -0.4 is 9.47 Å². The second-order valence-electron chi connectivity index (χ2n) is 6.27. The van der Waals surface area contributed by atoms with Gasteiger partial charge >= 0.3 is 12.0 Å². The van der Waals surface area contributed by atoms with Gasteiger partial charge < -0.3 is 9.47 Å². The third-order valence-electron chi connectivity index (χ3n) is 4.06. The van der Waals surface area contributed by atoms with Crippen molar-refractivity contribution in [2.75, 3.05) is 6.61 Å². The monoisotopic (exact) mass is 355 g/mol. The second-order valence-corrected chi connectivity index (χ2v) is 6.27. The minimum absolute atomic E-state index is 0.221. The molecule has 0 saturated carbocycles. The van der Waals surface area contributed by atoms with E-state index >= 15 is 0 Å². The van der Waals surface area contributed by atoms with Crippen LogP contribution in [-0.2, 0) is 6.42 Å². The zero-order chi connectivity index (χ0) is 18.5. The lowest BCUT2D eigenvalue weighted by Crippen LogP contribution is -2.00. The second kappa shape index (κ2) is 12.0. The summed E-state index contributed by atoms with van der Waals surface area (Å²) in [4.78, 5) is 12.0. The Morgan fingerprint density at radius 2 is 1.62 bits per heavy atom. The highest BCUT2D eigenvalue weighted by Gasteiger charge is 2.04. The molecule has 0 radical (unpaired) electrons. The summed E-state index contributed by atoms with van der Waals surface area (Å²) in [5, 5.41) is 0. The molecule has 0 aliphatic heterocycles. The number of aryl methyl sites for hydroxylation is 1. The molecule has 1 aromatic carbocycles. The molecule has 0 aliphatic rings.